The van der Waals surface area contributed by atoms with Crippen LogP contribution in [0.5, 0.6) is 0 Å². The van der Waals surface area contributed by atoms with E-state index in [-0.39, 0.29) is 12.5 Å². The van der Waals surface area contributed by atoms with Gasteiger partial charge < -0.3 is 20.1 Å². The Balaban J connectivity index is 2.00. The Morgan fingerprint density at radius 3 is 2.29 bits per heavy atom. The van der Waals surface area contributed by atoms with Gasteiger partial charge in [-0.3, -0.25) is 4.79 Å². The molecule has 0 unspecified atom stereocenters. The normalized spacial score (nSPS) is 12.1. The molecule has 2 N–H and O–H groups in total. The molecule has 2 aromatic carbocycles. The van der Waals surface area contributed by atoms with Crippen molar-refractivity contribution in [1.82, 2.24) is 5.32 Å². The summed E-state index contributed by atoms with van der Waals surface area (Å²) in [5.41, 5.74) is 0.965. The number of hydrogen-bond acceptors (Lipinski definition) is 4. The molecule has 6 nitrogen and oxygen atoms in total. The van der Waals surface area contributed by atoms with Crippen molar-refractivity contribution in [2.24, 2.45) is 0 Å². The van der Waals surface area contributed by atoms with Gasteiger partial charge in [0, 0.05) is 9.26 Å². The number of carbonyl (C=O) groups is 2. The molecule has 0 aliphatic rings. The minimum absolute atomic E-state index is 0.0182. The third-order valence-corrected chi connectivity index (χ3v) is 4.23. The number of anilines is 1. The summed E-state index contributed by atoms with van der Waals surface area (Å²) in [7, 11) is 0. The minimum atomic E-state index is -0.891. The quantitative estimate of drug-likeness (QED) is 0.560. The first-order valence-corrected chi connectivity index (χ1v) is 9.98. The van der Waals surface area contributed by atoms with E-state index in [2.05, 4.69) is 33.2 Å². The van der Waals surface area contributed by atoms with E-state index in [1.165, 1.54) is 0 Å². The predicted molar refractivity (Wildman–Crippen MR) is 117 cm³/mol. The lowest BCUT2D eigenvalue weighted by molar-refractivity contribution is -0.119. The zero-order chi connectivity index (χ0) is 20.6. The molecule has 28 heavy (non-hydrogen) atoms. The predicted octanol–water partition coefficient (Wildman–Crippen LogP) is 4.34. The van der Waals surface area contributed by atoms with Gasteiger partial charge in [-0.25, -0.2) is 4.79 Å². The van der Waals surface area contributed by atoms with Crippen LogP contribution in [0.2, 0.25) is 0 Å². The smallest absolute Gasteiger partial charge is 0.408 e. The first kappa shape index (κ1) is 22.2. The third-order valence-electron chi connectivity index (χ3n) is 3.52. The molecule has 2 aromatic rings. The summed E-state index contributed by atoms with van der Waals surface area (Å²) in [5.74, 6) is -0.375. The topological polar surface area (TPSA) is 76.7 Å². The Morgan fingerprint density at radius 2 is 1.68 bits per heavy atom. The number of nitrogens with one attached hydrogen (secondary N) is 2. The van der Waals surface area contributed by atoms with Crippen LogP contribution < -0.4 is 10.6 Å². The van der Waals surface area contributed by atoms with E-state index in [4.69, 9.17) is 9.47 Å². The van der Waals surface area contributed by atoms with Crippen LogP contribution in [-0.4, -0.2) is 30.3 Å². The molecule has 0 bridgehead atoms. The van der Waals surface area contributed by atoms with Gasteiger partial charge in [0.15, 0.2) is 0 Å². The van der Waals surface area contributed by atoms with Gasteiger partial charge in [-0.05, 0) is 73.2 Å². The van der Waals surface area contributed by atoms with Crippen molar-refractivity contribution >= 4 is 40.3 Å². The minimum Gasteiger partial charge on any atom is -0.444 e. The van der Waals surface area contributed by atoms with Gasteiger partial charge >= 0.3 is 6.09 Å². The van der Waals surface area contributed by atoms with E-state index < -0.39 is 17.7 Å². The van der Waals surface area contributed by atoms with Gasteiger partial charge in [-0.2, -0.15) is 0 Å². The maximum absolute atomic E-state index is 12.7. The first-order valence-electron chi connectivity index (χ1n) is 8.90. The van der Waals surface area contributed by atoms with E-state index in [9.17, 15) is 9.59 Å². The van der Waals surface area contributed by atoms with Crippen LogP contribution in [0.25, 0.3) is 0 Å². The third kappa shape index (κ3) is 8.26. The van der Waals surface area contributed by atoms with Crippen molar-refractivity contribution in [3.05, 3.63) is 63.7 Å². The van der Waals surface area contributed by atoms with Gasteiger partial charge in [0.1, 0.15) is 11.6 Å². The lowest BCUT2D eigenvalue weighted by atomic mass is 10.2. The summed E-state index contributed by atoms with van der Waals surface area (Å²) in [5, 5.41) is 5.39. The molecule has 7 heteroatoms. The van der Waals surface area contributed by atoms with Crippen LogP contribution in [0.3, 0.4) is 0 Å². The van der Waals surface area contributed by atoms with Crippen LogP contribution in [0, 0.1) is 3.57 Å². The number of alkyl carbamates (subject to hydrolysis) is 1. The highest BCUT2D eigenvalue weighted by atomic mass is 127. The molecule has 0 saturated carbocycles. The first-order chi connectivity index (χ1) is 13.2. The van der Waals surface area contributed by atoms with Crippen molar-refractivity contribution in [2.75, 3.05) is 11.9 Å². The van der Waals surface area contributed by atoms with E-state index >= 15 is 0 Å². The zero-order valence-electron chi connectivity index (χ0n) is 16.2. The van der Waals surface area contributed by atoms with E-state index in [1.54, 1.807) is 32.9 Å². The maximum Gasteiger partial charge on any atom is 0.408 e. The fraction of sp³-hybridized carbons (Fsp3) is 0.333. The molecule has 0 aromatic heterocycles. The van der Waals surface area contributed by atoms with Gasteiger partial charge in [-0.1, -0.05) is 30.3 Å². The van der Waals surface area contributed by atoms with Gasteiger partial charge in [0.2, 0.25) is 5.91 Å². The van der Waals surface area contributed by atoms with Gasteiger partial charge in [-0.15, -0.1) is 0 Å². The highest BCUT2D eigenvalue weighted by molar-refractivity contribution is 14.1. The fourth-order valence-corrected chi connectivity index (χ4v) is 2.62. The van der Waals surface area contributed by atoms with E-state index in [0.717, 1.165) is 9.13 Å². The second kappa shape index (κ2) is 10.4. The van der Waals surface area contributed by atoms with Gasteiger partial charge in [0.05, 0.1) is 13.2 Å². The maximum atomic E-state index is 12.7. The second-order valence-corrected chi connectivity index (χ2v) is 8.44. The number of amides is 2. The van der Waals surface area contributed by atoms with Gasteiger partial charge in [0.25, 0.3) is 0 Å². The number of carbonyl (C=O) groups excluding carboxylic acids is 2. The fourth-order valence-electron chi connectivity index (χ4n) is 2.26. The summed E-state index contributed by atoms with van der Waals surface area (Å²) in [4.78, 5) is 24.8. The van der Waals surface area contributed by atoms with Crippen molar-refractivity contribution in [3.63, 3.8) is 0 Å². The second-order valence-electron chi connectivity index (χ2n) is 7.20. The number of ether oxygens (including phenoxy) is 2. The zero-order valence-corrected chi connectivity index (χ0v) is 18.4. The van der Waals surface area contributed by atoms with Crippen LogP contribution in [0.4, 0.5) is 10.5 Å². The van der Waals surface area contributed by atoms with Crippen molar-refractivity contribution < 1.29 is 19.1 Å². The largest absolute Gasteiger partial charge is 0.444 e. The summed E-state index contributed by atoms with van der Waals surface area (Å²) in [6, 6.07) is 16.1. The Bertz CT molecular complexity index is 773. The number of hydrogen-bond donors (Lipinski definition) is 2. The van der Waals surface area contributed by atoms with Crippen LogP contribution in [0.1, 0.15) is 26.3 Å². The highest BCUT2D eigenvalue weighted by Gasteiger charge is 2.24. The lowest BCUT2D eigenvalue weighted by Gasteiger charge is -2.23. The van der Waals surface area contributed by atoms with Crippen molar-refractivity contribution in [3.8, 4) is 0 Å². The molecule has 0 aliphatic carbocycles. The summed E-state index contributed by atoms with van der Waals surface area (Å²) in [6.07, 6.45) is -0.668. The molecule has 0 aliphatic heterocycles. The number of halogens is 1. The van der Waals surface area contributed by atoms with E-state index in [0.29, 0.717) is 12.3 Å². The van der Waals surface area contributed by atoms with Crippen molar-refractivity contribution in [1.29, 1.82) is 0 Å². The summed E-state index contributed by atoms with van der Waals surface area (Å²) >= 11 is 2.19. The molecule has 2 amide bonds. The molecule has 0 radical (unpaired) electrons. The summed E-state index contributed by atoms with van der Waals surface area (Å²) < 4.78 is 12.0. The standard InChI is InChI=1S/C21H25IN2O4/c1-21(2,3)28-20(26)24-18(14-27-13-15-7-5-4-6-8-15)19(25)23-17-11-9-16(22)10-12-17/h4-12,18H,13-14H2,1-3H3,(H,23,25)(H,24,26)/t18-/m0/s1. The van der Waals surface area contributed by atoms with E-state index in [1.807, 2.05) is 42.5 Å². The Hall–Kier alpha value is -2.13. The molecular weight excluding hydrogens is 471 g/mol. The molecule has 0 heterocycles. The molecule has 0 spiro atoms. The molecular formula is C21H25IN2O4. The molecule has 0 saturated heterocycles. The lowest BCUT2D eigenvalue weighted by Crippen LogP contribution is -2.48. The monoisotopic (exact) mass is 496 g/mol. The Morgan fingerprint density at radius 1 is 1.04 bits per heavy atom. The Labute approximate surface area is 179 Å². The number of rotatable bonds is 7. The molecule has 2 rings (SSSR count). The Kier molecular flexibility index (Phi) is 8.25. The summed E-state index contributed by atoms with van der Waals surface area (Å²) in [6.45, 7) is 5.64. The number of benzene rings is 2. The van der Waals surface area contributed by atoms with Crippen molar-refractivity contribution in [2.45, 2.75) is 39.0 Å². The average Bonchev–Trinajstić information content (AvgIpc) is 2.62. The molecule has 1 atom stereocenters. The average molecular weight is 496 g/mol. The van der Waals surface area contributed by atoms with Crippen LogP contribution >= 0.6 is 22.6 Å². The highest BCUT2D eigenvalue weighted by Crippen LogP contribution is 2.12. The van der Waals surface area contributed by atoms with Crippen LogP contribution in [0.15, 0.2) is 54.6 Å². The SMILES string of the molecule is CC(C)(C)OC(=O)N[C@@H](COCc1ccccc1)C(=O)Nc1ccc(I)cc1. The molecule has 0 fully saturated rings. The van der Waals surface area contributed by atoms with Crippen LogP contribution in [-0.2, 0) is 20.9 Å². The molecule has 150 valence electrons.